The van der Waals surface area contributed by atoms with Gasteiger partial charge >= 0.3 is 0 Å². The van der Waals surface area contributed by atoms with Gasteiger partial charge in [-0.2, -0.15) is 0 Å². The van der Waals surface area contributed by atoms with E-state index in [2.05, 4.69) is 15.7 Å². The van der Waals surface area contributed by atoms with Crippen LogP contribution >= 0.6 is 11.3 Å². The maximum atomic E-state index is 12.2. The molecule has 2 aliphatic rings. The number of nitrogens with two attached hydrogens (primary N) is 1. The van der Waals surface area contributed by atoms with Gasteiger partial charge in [-0.15, -0.1) is 11.3 Å². The highest BCUT2D eigenvalue weighted by molar-refractivity contribution is 7.13. The number of aromatic nitrogens is 1. The van der Waals surface area contributed by atoms with Crippen LogP contribution in [-0.4, -0.2) is 17.4 Å². The lowest BCUT2D eigenvalue weighted by molar-refractivity contribution is -0.120. The summed E-state index contributed by atoms with van der Waals surface area (Å²) in [5.41, 5.74) is 6.86. The molecule has 2 atom stereocenters. The first-order valence-corrected chi connectivity index (χ1v) is 7.62. The van der Waals surface area contributed by atoms with Crippen LogP contribution in [0.3, 0.4) is 0 Å². The van der Waals surface area contributed by atoms with Crippen molar-refractivity contribution in [2.24, 2.45) is 17.6 Å². The molecule has 2 aliphatic carbocycles. The minimum absolute atomic E-state index is 0.0864. The van der Waals surface area contributed by atoms with Gasteiger partial charge in [0.25, 0.3) is 0 Å². The molecule has 0 aromatic carbocycles. The Labute approximate surface area is 111 Å². The molecule has 98 valence electrons. The zero-order valence-corrected chi connectivity index (χ0v) is 11.2. The molecule has 1 aromatic rings. The maximum Gasteiger partial charge on any atom is 0.229 e. The number of hydrogen-bond donors (Lipinski definition) is 2. The largest absolute Gasteiger partial charge is 0.330 e. The van der Waals surface area contributed by atoms with Crippen LogP contribution in [0.25, 0.3) is 0 Å². The SMILES string of the molecule is NC[C@H]1CCC[C@H]1C(=O)Nc1nc(C2CC2)cs1. The van der Waals surface area contributed by atoms with E-state index >= 15 is 0 Å². The first-order valence-electron chi connectivity index (χ1n) is 6.74. The Morgan fingerprint density at radius 1 is 1.44 bits per heavy atom. The Morgan fingerprint density at radius 3 is 3.00 bits per heavy atom. The molecule has 2 fully saturated rings. The molecule has 2 saturated carbocycles. The van der Waals surface area contributed by atoms with Gasteiger partial charge in [0.2, 0.25) is 5.91 Å². The Hall–Kier alpha value is -0.940. The standard InChI is InChI=1S/C13H19N3OS/c14-6-9-2-1-3-10(9)12(17)16-13-15-11(7-18-13)8-4-5-8/h7-10H,1-6,14H2,(H,15,16,17)/t9-,10-/m1/s1. The fourth-order valence-electron chi connectivity index (χ4n) is 2.77. The van der Waals surface area contributed by atoms with Crippen molar-refractivity contribution in [1.82, 2.24) is 4.98 Å². The zero-order chi connectivity index (χ0) is 12.5. The molecule has 1 aromatic heterocycles. The normalized spacial score (nSPS) is 27.4. The van der Waals surface area contributed by atoms with Gasteiger partial charge in [0.05, 0.1) is 5.69 Å². The van der Waals surface area contributed by atoms with Crippen molar-refractivity contribution in [2.45, 2.75) is 38.0 Å². The molecule has 0 bridgehead atoms. The monoisotopic (exact) mass is 265 g/mol. The van der Waals surface area contributed by atoms with E-state index in [1.165, 1.54) is 24.2 Å². The molecular weight excluding hydrogens is 246 g/mol. The summed E-state index contributed by atoms with van der Waals surface area (Å²) < 4.78 is 0. The average molecular weight is 265 g/mol. The first kappa shape index (κ1) is 12.1. The molecule has 1 heterocycles. The highest BCUT2D eigenvalue weighted by Crippen LogP contribution is 2.41. The summed E-state index contributed by atoms with van der Waals surface area (Å²) in [4.78, 5) is 16.7. The second-order valence-electron chi connectivity index (χ2n) is 5.37. The van der Waals surface area contributed by atoms with Crippen molar-refractivity contribution < 1.29 is 4.79 Å². The lowest BCUT2D eigenvalue weighted by atomic mass is 9.95. The quantitative estimate of drug-likeness (QED) is 0.878. The van der Waals surface area contributed by atoms with Crippen LogP contribution in [0.5, 0.6) is 0 Å². The van der Waals surface area contributed by atoms with Crippen molar-refractivity contribution in [3.05, 3.63) is 11.1 Å². The molecule has 0 spiro atoms. The van der Waals surface area contributed by atoms with Crippen molar-refractivity contribution in [2.75, 3.05) is 11.9 Å². The minimum Gasteiger partial charge on any atom is -0.330 e. The molecule has 3 N–H and O–H groups in total. The second-order valence-corrected chi connectivity index (χ2v) is 6.23. The summed E-state index contributed by atoms with van der Waals surface area (Å²) in [7, 11) is 0. The summed E-state index contributed by atoms with van der Waals surface area (Å²) >= 11 is 1.54. The van der Waals surface area contributed by atoms with E-state index in [0.717, 1.165) is 30.1 Å². The van der Waals surface area contributed by atoms with Gasteiger partial charge in [0, 0.05) is 17.2 Å². The van der Waals surface area contributed by atoms with Crippen molar-refractivity contribution in [3.63, 3.8) is 0 Å². The van der Waals surface area contributed by atoms with Crippen LogP contribution in [0, 0.1) is 11.8 Å². The van der Waals surface area contributed by atoms with Gasteiger partial charge < -0.3 is 11.1 Å². The third-order valence-electron chi connectivity index (χ3n) is 4.05. The highest BCUT2D eigenvalue weighted by atomic mass is 32.1. The number of nitrogens with one attached hydrogen (secondary N) is 1. The Morgan fingerprint density at radius 2 is 2.28 bits per heavy atom. The summed E-state index contributed by atoms with van der Waals surface area (Å²) in [5, 5.41) is 5.79. The number of carbonyl (C=O) groups is 1. The molecule has 0 unspecified atom stereocenters. The first-order chi connectivity index (χ1) is 8.78. The van der Waals surface area contributed by atoms with E-state index in [4.69, 9.17) is 5.73 Å². The number of anilines is 1. The van der Waals surface area contributed by atoms with Gasteiger partial charge in [-0.3, -0.25) is 4.79 Å². The molecule has 0 saturated heterocycles. The van der Waals surface area contributed by atoms with Crippen LogP contribution in [0.2, 0.25) is 0 Å². The molecule has 3 rings (SSSR count). The molecular formula is C13H19N3OS. The molecule has 18 heavy (non-hydrogen) atoms. The lowest BCUT2D eigenvalue weighted by Crippen LogP contribution is -2.29. The Kier molecular flexibility index (Phi) is 3.35. The second kappa shape index (κ2) is 4.97. The van der Waals surface area contributed by atoms with Gasteiger partial charge in [-0.05, 0) is 38.1 Å². The topological polar surface area (TPSA) is 68.0 Å². The van der Waals surface area contributed by atoms with Crippen molar-refractivity contribution in [3.8, 4) is 0 Å². The minimum atomic E-state index is 0.0864. The molecule has 0 aliphatic heterocycles. The third kappa shape index (κ3) is 2.42. The van der Waals surface area contributed by atoms with Crippen LogP contribution in [0.15, 0.2) is 5.38 Å². The van der Waals surface area contributed by atoms with E-state index < -0.39 is 0 Å². The Bertz CT molecular complexity index is 441. The van der Waals surface area contributed by atoms with Gasteiger partial charge in [0.15, 0.2) is 5.13 Å². The van der Waals surface area contributed by atoms with Gasteiger partial charge in [0.1, 0.15) is 0 Å². The summed E-state index contributed by atoms with van der Waals surface area (Å²) in [5.74, 6) is 1.20. The van der Waals surface area contributed by atoms with E-state index in [1.54, 1.807) is 0 Å². The number of rotatable bonds is 4. The predicted molar refractivity (Wildman–Crippen MR) is 72.6 cm³/mol. The van der Waals surface area contributed by atoms with Crippen molar-refractivity contribution >= 4 is 22.4 Å². The van der Waals surface area contributed by atoms with E-state index in [-0.39, 0.29) is 11.8 Å². The van der Waals surface area contributed by atoms with Crippen LogP contribution < -0.4 is 11.1 Å². The van der Waals surface area contributed by atoms with Gasteiger partial charge in [-0.25, -0.2) is 4.98 Å². The summed E-state index contributed by atoms with van der Waals surface area (Å²) in [6.45, 7) is 0.614. The van der Waals surface area contributed by atoms with E-state index in [0.29, 0.717) is 18.4 Å². The third-order valence-corrected chi connectivity index (χ3v) is 4.82. The molecule has 4 nitrogen and oxygen atoms in total. The summed E-state index contributed by atoms with van der Waals surface area (Å²) in [6, 6.07) is 0. The summed E-state index contributed by atoms with van der Waals surface area (Å²) in [6.07, 6.45) is 5.66. The Balaban J connectivity index is 1.62. The highest BCUT2D eigenvalue weighted by Gasteiger charge is 2.32. The van der Waals surface area contributed by atoms with Crippen LogP contribution in [0.4, 0.5) is 5.13 Å². The van der Waals surface area contributed by atoms with Crippen molar-refractivity contribution in [1.29, 1.82) is 0 Å². The van der Waals surface area contributed by atoms with E-state index in [9.17, 15) is 4.79 Å². The molecule has 0 radical (unpaired) electrons. The number of thiazole rings is 1. The number of hydrogen-bond acceptors (Lipinski definition) is 4. The maximum absolute atomic E-state index is 12.2. The number of amides is 1. The van der Waals surface area contributed by atoms with Crippen LogP contribution in [-0.2, 0) is 4.79 Å². The smallest absolute Gasteiger partial charge is 0.229 e. The molecule has 1 amide bonds. The lowest BCUT2D eigenvalue weighted by Gasteiger charge is -2.16. The fraction of sp³-hybridized carbons (Fsp3) is 0.692. The fourth-order valence-corrected chi connectivity index (χ4v) is 3.57. The zero-order valence-electron chi connectivity index (χ0n) is 10.4. The van der Waals surface area contributed by atoms with Gasteiger partial charge in [-0.1, -0.05) is 6.42 Å². The number of nitrogens with zero attached hydrogens (tertiary/aromatic N) is 1. The average Bonchev–Trinajstić information content (AvgIpc) is 2.93. The van der Waals surface area contributed by atoms with E-state index in [1.807, 2.05) is 0 Å². The number of carbonyl (C=O) groups excluding carboxylic acids is 1. The predicted octanol–water partition coefficient (Wildman–Crippen LogP) is 2.33. The van der Waals surface area contributed by atoms with Crippen LogP contribution in [0.1, 0.15) is 43.7 Å². The molecule has 5 heteroatoms.